The van der Waals surface area contributed by atoms with Crippen molar-refractivity contribution in [3.63, 3.8) is 0 Å². The molecule has 0 spiro atoms. The van der Waals surface area contributed by atoms with E-state index in [2.05, 4.69) is 11.8 Å². The van der Waals surface area contributed by atoms with Crippen LogP contribution in [-0.2, 0) is 19.1 Å². The van der Waals surface area contributed by atoms with Crippen molar-refractivity contribution in [1.29, 1.82) is 0 Å². The average Bonchev–Trinajstić information content (AvgIpc) is 2.72. The van der Waals surface area contributed by atoms with Gasteiger partial charge in [0.05, 0.1) is 32.7 Å². The Morgan fingerprint density at radius 1 is 1.30 bits per heavy atom. The van der Waals surface area contributed by atoms with E-state index in [1.54, 1.807) is 4.90 Å². The van der Waals surface area contributed by atoms with Crippen LogP contribution in [0.1, 0.15) is 26.2 Å². The first-order valence-corrected chi connectivity index (χ1v) is 8.35. The number of primary amides is 1. The summed E-state index contributed by atoms with van der Waals surface area (Å²) in [4.78, 5) is 27.9. The van der Waals surface area contributed by atoms with E-state index in [0.29, 0.717) is 26.2 Å². The lowest BCUT2D eigenvalue weighted by molar-refractivity contribution is -0.140. The van der Waals surface area contributed by atoms with Crippen LogP contribution in [0.2, 0.25) is 0 Å². The van der Waals surface area contributed by atoms with Crippen molar-refractivity contribution in [2.45, 2.75) is 31.8 Å². The maximum Gasteiger partial charge on any atom is 0.236 e. The molecule has 7 heteroatoms. The van der Waals surface area contributed by atoms with Crippen molar-refractivity contribution >= 4 is 11.8 Å². The monoisotopic (exact) mass is 327 g/mol. The highest BCUT2D eigenvalue weighted by Gasteiger charge is 2.38. The average molecular weight is 327 g/mol. The van der Waals surface area contributed by atoms with E-state index in [1.807, 2.05) is 0 Å². The molecule has 0 saturated carbocycles. The zero-order chi connectivity index (χ0) is 16.9. The highest BCUT2D eigenvalue weighted by molar-refractivity contribution is 5.79. The van der Waals surface area contributed by atoms with E-state index < -0.39 is 11.5 Å². The Morgan fingerprint density at radius 3 is 2.61 bits per heavy atom. The van der Waals surface area contributed by atoms with Crippen molar-refractivity contribution in [3.05, 3.63) is 0 Å². The topological polar surface area (TPSA) is 85.1 Å². The second kappa shape index (κ2) is 8.08. The summed E-state index contributed by atoms with van der Waals surface area (Å²) in [7, 11) is 1.53. The minimum absolute atomic E-state index is 0.0501. The van der Waals surface area contributed by atoms with Crippen LogP contribution < -0.4 is 5.73 Å². The van der Waals surface area contributed by atoms with E-state index in [-0.39, 0.29) is 18.9 Å². The highest BCUT2D eigenvalue weighted by atomic mass is 16.5. The van der Waals surface area contributed by atoms with Gasteiger partial charge in [0.2, 0.25) is 11.8 Å². The summed E-state index contributed by atoms with van der Waals surface area (Å²) in [6.45, 7) is 6.19. The summed E-state index contributed by atoms with van der Waals surface area (Å²) in [5.74, 6) is 0.357. The SMILES string of the molecule is CO[C@@]1(CC(N)=O)COCCN(C(=O)CN2CCC(C)CC2)C1. The maximum absolute atomic E-state index is 12.6. The highest BCUT2D eigenvalue weighted by Crippen LogP contribution is 2.21. The summed E-state index contributed by atoms with van der Waals surface area (Å²) >= 11 is 0. The normalized spacial score (nSPS) is 27.7. The first kappa shape index (κ1) is 18.2. The van der Waals surface area contributed by atoms with Crippen LogP contribution in [0.3, 0.4) is 0 Å². The fourth-order valence-electron chi connectivity index (χ4n) is 3.25. The molecule has 2 aliphatic heterocycles. The van der Waals surface area contributed by atoms with Crippen molar-refractivity contribution < 1.29 is 19.1 Å². The molecule has 0 aromatic carbocycles. The molecule has 0 bridgehead atoms. The Hall–Kier alpha value is -1.18. The Labute approximate surface area is 138 Å². The molecule has 0 aromatic heterocycles. The first-order chi connectivity index (χ1) is 10.9. The quantitative estimate of drug-likeness (QED) is 0.758. The predicted molar refractivity (Wildman–Crippen MR) is 85.8 cm³/mol. The molecule has 0 aliphatic carbocycles. The Bertz CT molecular complexity index is 424. The number of likely N-dealkylation sites (tertiary alicyclic amines) is 1. The van der Waals surface area contributed by atoms with Crippen molar-refractivity contribution in [3.8, 4) is 0 Å². The van der Waals surface area contributed by atoms with Gasteiger partial charge in [0.25, 0.3) is 0 Å². The van der Waals surface area contributed by atoms with Gasteiger partial charge in [-0.15, -0.1) is 0 Å². The van der Waals surface area contributed by atoms with Gasteiger partial charge in [0.1, 0.15) is 5.60 Å². The van der Waals surface area contributed by atoms with Crippen LogP contribution in [0.4, 0.5) is 0 Å². The van der Waals surface area contributed by atoms with Crippen molar-refractivity contribution in [2.75, 3.05) is 53.0 Å². The number of carbonyl (C=O) groups excluding carboxylic acids is 2. The summed E-state index contributed by atoms with van der Waals surface area (Å²) in [6, 6.07) is 0. The molecular weight excluding hydrogens is 298 g/mol. The molecule has 0 unspecified atom stereocenters. The van der Waals surface area contributed by atoms with E-state index >= 15 is 0 Å². The standard InChI is InChI=1S/C16H29N3O4/c1-13-3-5-18(6-4-13)10-15(21)19-7-8-23-12-16(11-19,22-2)9-14(17)20/h13H,3-12H2,1-2H3,(H2,17,20)/t16-/m1/s1. The lowest BCUT2D eigenvalue weighted by Gasteiger charge is -2.35. The molecule has 1 atom stereocenters. The number of nitrogens with zero attached hydrogens (tertiary/aromatic N) is 2. The van der Waals surface area contributed by atoms with Gasteiger partial charge in [0.15, 0.2) is 0 Å². The summed E-state index contributed by atoms with van der Waals surface area (Å²) in [5, 5.41) is 0. The lowest BCUT2D eigenvalue weighted by Crippen LogP contribution is -2.52. The summed E-state index contributed by atoms with van der Waals surface area (Å²) in [5.41, 5.74) is 4.49. The molecule has 7 nitrogen and oxygen atoms in total. The zero-order valence-electron chi connectivity index (χ0n) is 14.3. The van der Waals surface area contributed by atoms with Crippen LogP contribution in [-0.4, -0.2) is 80.3 Å². The molecule has 2 heterocycles. The van der Waals surface area contributed by atoms with Crippen molar-refractivity contribution in [1.82, 2.24) is 9.80 Å². The zero-order valence-corrected chi connectivity index (χ0v) is 14.3. The van der Waals surface area contributed by atoms with Crippen LogP contribution in [0.15, 0.2) is 0 Å². The van der Waals surface area contributed by atoms with Gasteiger partial charge >= 0.3 is 0 Å². The number of piperidine rings is 1. The van der Waals surface area contributed by atoms with Gasteiger partial charge in [-0.25, -0.2) is 0 Å². The van der Waals surface area contributed by atoms with Gasteiger partial charge in [-0.3, -0.25) is 14.5 Å². The molecule has 2 saturated heterocycles. The Kier molecular flexibility index (Phi) is 6.38. The number of amides is 2. The molecule has 2 amide bonds. The van der Waals surface area contributed by atoms with E-state index in [1.165, 1.54) is 7.11 Å². The number of nitrogens with two attached hydrogens (primary N) is 1. The van der Waals surface area contributed by atoms with Crippen LogP contribution >= 0.6 is 0 Å². The second-order valence-corrected chi connectivity index (χ2v) is 6.86. The molecule has 2 fully saturated rings. The molecule has 132 valence electrons. The summed E-state index contributed by atoms with van der Waals surface area (Å²) in [6.07, 6.45) is 2.33. The fraction of sp³-hybridized carbons (Fsp3) is 0.875. The minimum atomic E-state index is -0.839. The molecule has 2 aliphatic rings. The van der Waals surface area contributed by atoms with Gasteiger partial charge in [-0.2, -0.15) is 0 Å². The van der Waals surface area contributed by atoms with Crippen LogP contribution in [0.5, 0.6) is 0 Å². The lowest BCUT2D eigenvalue weighted by atomic mass is 9.98. The van der Waals surface area contributed by atoms with Gasteiger partial charge < -0.3 is 20.1 Å². The van der Waals surface area contributed by atoms with E-state index in [0.717, 1.165) is 31.8 Å². The van der Waals surface area contributed by atoms with Crippen molar-refractivity contribution in [2.24, 2.45) is 11.7 Å². The number of rotatable bonds is 5. The number of hydrogen-bond donors (Lipinski definition) is 1. The van der Waals surface area contributed by atoms with E-state index in [4.69, 9.17) is 15.2 Å². The largest absolute Gasteiger partial charge is 0.377 e. The van der Waals surface area contributed by atoms with Gasteiger partial charge in [0, 0.05) is 13.7 Å². The summed E-state index contributed by atoms with van der Waals surface area (Å²) < 4.78 is 11.1. The van der Waals surface area contributed by atoms with Gasteiger partial charge in [-0.1, -0.05) is 6.92 Å². The minimum Gasteiger partial charge on any atom is -0.377 e. The maximum atomic E-state index is 12.6. The van der Waals surface area contributed by atoms with Gasteiger partial charge in [-0.05, 0) is 31.8 Å². The third kappa shape index (κ3) is 5.16. The number of carbonyl (C=O) groups is 2. The molecule has 23 heavy (non-hydrogen) atoms. The Balaban J connectivity index is 1.96. The third-order valence-corrected chi connectivity index (χ3v) is 4.87. The van der Waals surface area contributed by atoms with Crippen LogP contribution in [0, 0.1) is 5.92 Å². The molecule has 2 rings (SSSR count). The Morgan fingerprint density at radius 2 is 2.00 bits per heavy atom. The predicted octanol–water partition coefficient (Wildman–Crippen LogP) is -0.162. The first-order valence-electron chi connectivity index (χ1n) is 8.35. The molecule has 0 radical (unpaired) electrons. The number of methoxy groups -OCH3 is 1. The van der Waals surface area contributed by atoms with Crippen LogP contribution in [0.25, 0.3) is 0 Å². The fourth-order valence-corrected chi connectivity index (χ4v) is 3.25. The molecular formula is C16H29N3O4. The smallest absolute Gasteiger partial charge is 0.236 e. The third-order valence-electron chi connectivity index (χ3n) is 4.87. The molecule has 2 N–H and O–H groups in total. The molecule has 0 aromatic rings. The second-order valence-electron chi connectivity index (χ2n) is 6.86. The number of hydrogen-bond acceptors (Lipinski definition) is 5. The number of ether oxygens (including phenoxy) is 2. The van der Waals surface area contributed by atoms with E-state index in [9.17, 15) is 9.59 Å².